The van der Waals surface area contributed by atoms with E-state index >= 15 is 0 Å². The summed E-state index contributed by atoms with van der Waals surface area (Å²) in [6.07, 6.45) is 0.316. The number of alkyl carbamates (subject to hydrolysis) is 1. The van der Waals surface area contributed by atoms with Crippen molar-refractivity contribution >= 4 is 23.8 Å². The standard InChI is InChI=1S/C30H41N5O7/c1-30(2,3)42-29(39)31-17-26(36)35-16-10-15-25(35)28(38)33-24(20-40-18-22-11-6-4-7-12-22)27(37)34-32-21-41-19-23-13-8-5-9-14-23/h4-9,11-14,24-25,32H,10,15-21H2,1-3H3,(H,31,39)(H,33,38)(H,34,37)/t24-,25-/m0/s1. The molecule has 1 fully saturated rings. The highest BCUT2D eigenvalue weighted by atomic mass is 16.6. The highest BCUT2D eigenvalue weighted by molar-refractivity contribution is 5.93. The van der Waals surface area contributed by atoms with Crippen LogP contribution in [-0.2, 0) is 41.8 Å². The SMILES string of the molecule is CC(C)(C)OC(=O)NCC(=O)N1CCC[C@H]1C(=O)N[C@@H](COCc1ccccc1)C(=O)NNCOCc1ccccc1. The summed E-state index contributed by atoms with van der Waals surface area (Å²) in [5.74, 6) is -1.43. The Labute approximate surface area is 246 Å². The molecule has 4 N–H and O–H groups in total. The summed E-state index contributed by atoms with van der Waals surface area (Å²) in [5, 5.41) is 5.16. The molecule has 1 aliphatic heterocycles. The zero-order valence-electron chi connectivity index (χ0n) is 24.4. The van der Waals surface area contributed by atoms with Gasteiger partial charge in [-0.15, -0.1) is 0 Å². The topological polar surface area (TPSA) is 147 Å². The van der Waals surface area contributed by atoms with Gasteiger partial charge in [0.2, 0.25) is 11.8 Å². The Morgan fingerprint density at radius 1 is 0.929 bits per heavy atom. The van der Waals surface area contributed by atoms with E-state index in [1.807, 2.05) is 60.7 Å². The first-order chi connectivity index (χ1) is 20.1. The lowest BCUT2D eigenvalue weighted by atomic mass is 10.1. The maximum Gasteiger partial charge on any atom is 0.408 e. The Kier molecular flexibility index (Phi) is 12.7. The summed E-state index contributed by atoms with van der Waals surface area (Å²) >= 11 is 0. The number of ether oxygens (including phenoxy) is 3. The molecular formula is C30H41N5O7. The first-order valence-corrected chi connectivity index (χ1v) is 13.9. The minimum atomic E-state index is -1.04. The third-order valence-corrected chi connectivity index (χ3v) is 6.19. The number of carbonyl (C=O) groups is 4. The number of amides is 4. The molecule has 1 saturated heterocycles. The fourth-order valence-electron chi connectivity index (χ4n) is 4.23. The average Bonchev–Trinajstić information content (AvgIpc) is 3.46. The molecule has 1 aliphatic rings. The molecule has 0 bridgehead atoms. The Balaban J connectivity index is 1.53. The minimum Gasteiger partial charge on any atom is -0.444 e. The van der Waals surface area contributed by atoms with Crippen molar-refractivity contribution in [3.63, 3.8) is 0 Å². The summed E-state index contributed by atoms with van der Waals surface area (Å²) in [7, 11) is 0. The van der Waals surface area contributed by atoms with Gasteiger partial charge in [-0.25, -0.2) is 10.2 Å². The molecule has 0 aliphatic carbocycles. The van der Waals surface area contributed by atoms with Crippen molar-refractivity contribution in [2.45, 2.75) is 64.5 Å². The second-order valence-corrected chi connectivity index (χ2v) is 10.8. The van der Waals surface area contributed by atoms with Crippen LogP contribution in [0.1, 0.15) is 44.7 Å². The molecular weight excluding hydrogens is 542 g/mol. The largest absolute Gasteiger partial charge is 0.444 e. The number of hydrogen-bond donors (Lipinski definition) is 4. The van der Waals surface area contributed by atoms with E-state index in [-0.39, 0.29) is 26.5 Å². The van der Waals surface area contributed by atoms with Gasteiger partial charge in [0.1, 0.15) is 31.0 Å². The van der Waals surface area contributed by atoms with Crippen molar-refractivity contribution in [2.75, 3.05) is 26.4 Å². The van der Waals surface area contributed by atoms with Gasteiger partial charge < -0.3 is 29.7 Å². The molecule has 0 unspecified atom stereocenters. The lowest BCUT2D eigenvalue weighted by Gasteiger charge is -2.27. The van der Waals surface area contributed by atoms with Crippen molar-refractivity contribution in [1.82, 2.24) is 26.4 Å². The van der Waals surface area contributed by atoms with E-state index in [4.69, 9.17) is 14.2 Å². The van der Waals surface area contributed by atoms with Gasteiger partial charge in [0, 0.05) is 6.54 Å². The van der Waals surface area contributed by atoms with Crippen LogP contribution in [0.5, 0.6) is 0 Å². The van der Waals surface area contributed by atoms with Crippen LogP contribution in [0.4, 0.5) is 4.79 Å². The Morgan fingerprint density at radius 2 is 1.55 bits per heavy atom. The molecule has 12 nitrogen and oxygen atoms in total. The van der Waals surface area contributed by atoms with E-state index in [2.05, 4.69) is 21.5 Å². The van der Waals surface area contributed by atoms with Crippen LogP contribution in [0.15, 0.2) is 60.7 Å². The number of rotatable bonds is 14. The van der Waals surface area contributed by atoms with E-state index in [0.717, 1.165) is 11.1 Å². The number of nitrogens with one attached hydrogen (secondary N) is 4. The number of carbonyl (C=O) groups excluding carboxylic acids is 4. The van der Waals surface area contributed by atoms with Crippen molar-refractivity contribution in [3.05, 3.63) is 71.8 Å². The van der Waals surface area contributed by atoms with Gasteiger partial charge in [-0.1, -0.05) is 60.7 Å². The molecule has 0 spiro atoms. The first kappa shape index (κ1) is 32.5. The normalized spacial score (nSPS) is 15.5. The van der Waals surface area contributed by atoms with E-state index in [0.29, 0.717) is 26.0 Å². The second-order valence-electron chi connectivity index (χ2n) is 10.8. The highest BCUT2D eigenvalue weighted by Gasteiger charge is 2.36. The molecule has 12 heteroatoms. The maximum absolute atomic E-state index is 13.3. The van der Waals surface area contributed by atoms with E-state index in [1.165, 1.54) is 4.90 Å². The van der Waals surface area contributed by atoms with Crippen LogP contribution >= 0.6 is 0 Å². The fourth-order valence-corrected chi connectivity index (χ4v) is 4.23. The van der Waals surface area contributed by atoms with E-state index in [1.54, 1.807) is 20.8 Å². The highest BCUT2D eigenvalue weighted by Crippen LogP contribution is 2.18. The maximum atomic E-state index is 13.3. The minimum absolute atomic E-state index is 0.0434. The quantitative estimate of drug-likeness (QED) is 0.150. The van der Waals surface area contributed by atoms with E-state index in [9.17, 15) is 19.2 Å². The molecule has 1 heterocycles. The van der Waals surface area contributed by atoms with Gasteiger partial charge in [0.15, 0.2) is 0 Å². The summed E-state index contributed by atoms with van der Waals surface area (Å²) in [5.41, 5.74) is 6.46. The summed E-state index contributed by atoms with van der Waals surface area (Å²) in [4.78, 5) is 52.5. The van der Waals surface area contributed by atoms with Crippen LogP contribution < -0.4 is 21.5 Å². The van der Waals surface area contributed by atoms with Gasteiger partial charge in [0.05, 0.1) is 19.8 Å². The van der Waals surface area contributed by atoms with Crippen LogP contribution in [0, 0.1) is 0 Å². The monoisotopic (exact) mass is 583 g/mol. The van der Waals surface area contributed by atoms with Gasteiger partial charge in [-0.2, -0.15) is 0 Å². The third kappa shape index (κ3) is 11.5. The first-order valence-electron chi connectivity index (χ1n) is 13.9. The molecule has 42 heavy (non-hydrogen) atoms. The van der Waals surface area contributed by atoms with Crippen molar-refractivity contribution in [1.29, 1.82) is 0 Å². The fraction of sp³-hybridized carbons (Fsp3) is 0.467. The Bertz CT molecular complexity index is 1160. The Hall–Kier alpha value is -4.00. The summed E-state index contributed by atoms with van der Waals surface area (Å²) < 4.78 is 16.5. The predicted molar refractivity (Wildman–Crippen MR) is 154 cm³/mol. The summed E-state index contributed by atoms with van der Waals surface area (Å²) in [6.45, 7) is 5.76. The van der Waals surface area contributed by atoms with Crippen LogP contribution in [0.2, 0.25) is 0 Å². The molecule has 0 radical (unpaired) electrons. The smallest absolute Gasteiger partial charge is 0.408 e. The van der Waals surface area contributed by atoms with E-state index < -0.39 is 41.5 Å². The molecule has 0 saturated carbocycles. The lowest BCUT2D eigenvalue weighted by molar-refractivity contribution is -0.139. The zero-order chi connectivity index (χ0) is 30.4. The number of nitrogens with zero attached hydrogens (tertiary/aromatic N) is 1. The predicted octanol–water partition coefficient (Wildman–Crippen LogP) is 2.00. The van der Waals surface area contributed by atoms with Crippen molar-refractivity contribution in [3.8, 4) is 0 Å². The number of hydrogen-bond acceptors (Lipinski definition) is 8. The molecule has 2 aromatic carbocycles. The number of hydrazine groups is 1. The molecule has 2 atom stereocenters. The van der Waals surface area contributed by atoms with Gasteiger partial charge in [-0.3, -0.25) is 19.8 Å². The lowest BCUT2D eigenvalue weighted by Crippen LogP contribution is -2.57. The second kappa shape index (κ2) is 16.4. The molecule has 4 amide bonds. The Morgan fingerprint density at radius 3 is 2.17 bits per heavy atom. The van der Waals surface area contributed by atoms with Gasteiger partial charge in [0.25, 0.3) is 5.91 Å². The molecule has 3 rings (SSSR count). The molecule has 228 valence electrons. The summed E-state index contributed by atoms with van der Waals surface area (Å²) in [6, 6.07) is 17.2. The number of benzene rings is 2. The van der Waals surface area contributed by atoms with Crippen LogP contribution in [0.25, 0.3) is 0 Å². The van der Waals surface area contributed by atoms with Crippen molar-refractivity contribution < 1.29 is 33.4 Å². The van der Waals surface area contributed by atoms with Gasteiger partial charge in [-0.05, 0) is 44.7 Å². The number of likely N-dealkylation sites (tertiary alicyclic amines) is 1. The zero-order valence-corrected chi connectivity index (χ0v) is 24.4. The average molecular weight is 584 g/mol. The van der Waals surface area contributed by atoms with Gasteiger partial charge >= 0.3 is 6.09 Å². The van der Waals surface area contributed by atoms with Crippen LogP contribution in [-0.4, -0.2) is 72.8 Å². The van der Waals surface area contributed by atoms with Crippen molar-refractivity contribution in [2.24, 2.45) is 0 Å². The molecule has 0 aromatic heterocycles. The third-order valence-electron chi connectivity index (χ3n) is 6.19. The van der Waals surface area contributed by atoms with Crippen LogP contribution in [0.3, 0.4) is 0 Å². The molecule has 2 aromatic rings.